The number of rotatable bonds is 5. The number of nitrogens with zero attached hydrogens (tertiary/aromatic N) is 2. The van der Waals surface area contributed by atoms with Crippen LogP contribution in [0.15, 0.2) is 35.2 Å². The van der Waals surface area contributed by atoms with Gasteiger partial charge in [0, 0.05) is 22.7 Å². The lowest BCUT2D eigenvalue weighted by Gasteiger charge is -2.06. The zero-order valence-electron chi connectivity index (χ0n) is 11.6. The first-order chi connectivity index (χ1) is 9.22. The van der Waals surface area contributed by atoms with Crippen LogP contribution < -0.4 is 5.32 Å². The van der Waals surface area contributed by atoms with Crippen LogP contribution in [0.5, 0.6) is 0 Å². The zero-order valence-corrected chi connectivity index (χ0v) is 12.4. The minimum Gasteiger partial charge on any atom is -0.314 e. The Bertz CT molecular complexity index is 538. The van der Waals surface area contributed by atoms with Crippen molar-refractivity contribution in [3.05, 3.63) is 41.7 Å². The third kappa shape index (κ3) is 3.78. The number of benzene rings is 1. The summed E-state index contributed by atoms with van der Waals surface area (Å²) in [5.41, 5.74) is 3.10. The number of hydrogen-bond acceptors (Lipinski definition) is 4. The van der Waals surface area contributed by atoms with E-state index < -0.39 is 0 Å². The van der Waals surface area contributed by atoms with E-state index in [1.165, 1.54) is 4.90 Å². The van der Waals surface area contributed by atoms with Crippen molar-refractivity contribution < 1.29 is 0 Å². The molecule has 0 saturated heterocycles. The second kappa shape index (κ2) is 6.68. The second-order valence-corrected chi connectivity index (χ2v) is 5.65. The number of nitrogens with one attached hydrogen (secondary N) is 1. The fourth-order valence-electron chi connectivity index (χ4n) is 1.90. The van der Waals surface area contributed by atoms with E-state index in [0.29, 0.717) is 0 Å². The van der Waals surface area contributed by atoms with Gasteiger partial charge < -0.3 is 5.32 Å². The molecular formula is C15H19N3S. The molecule has 0 amide bonds. The maximum atomic E-state index is 4.59. The SMILES string of the molecule is CCSc1ccc(-c2nc(C)cc(CNC)n2)cc1. The van der Waals surface area contributed by atoms with Crippen LogP contribution in [-0.2, 0) is 6.54 Å². The normalized spacial score (nSPS) is 10.7. The van der Waals surface area contributed by atoms with Crippen LogP contribution in [0.2, 0.25) is 0 Å². The molecule has 4 heteroatoms. The Labute approximate surface area is 118 Å². The van der Waals surface area contributed by atoms with E-state index in [-0.39, 0.29) is 0 Å². The standard InChI is InChI=1S/C15H19N3S/c1-4-19-14-7-5-12(6-8-14)15-17-11(2)9-13(18-15)10-16-3/h5-9,16H,4,10H2,1-3H3. The van der Waals surface area contributed by atoms with Gasteiger partial charge in [0.25, 0.3) is 0 Å². The molecule has 19 heavy (non-hydrogen) atoms. The van der Waals surface area contributed by atoms with Crippen molar-refractivity contribution in [1.29, 1.82) is 0 Å². The molecule has 100 valence electrons. The Morgan fingerprint density at radius 2 is 1.89 bits per heavy atom. The number of aryl methyl sites for hydroxylation is 1. The van der Waals surface area contributed by atoms with Gasteiger partial charge in [-0.05, 0) is 37.9 Å². The summed E-state index contributed by atoms with van der Waals surface area (Å²) in [4.78, 5) is 10.4. The molecule has 0 aliphatic carbocycles. The molecule has 1 aromatic heterocycles. The van der Waals surface area contributed by atoms with Crippen molar-refractivity contribution in [2.24, 2.45) is 0 Å². The second-order valence-electron chi connectivity index (χ2n) is 4.31. The van der Waals surface area contributed by atoms with E-state index >= 15 is 0 Å². The summed E-state index contributed by atoms with van der Waals surface area (Å²) in [6, 6.07) is 10.5. The predicted octanol–water partition coefficient (Wildman–Crippen LogP) is 3.28. The molecule has 0 aliphatic rings. The fourth-order valence-corrected chi connectivity index (χ4v) is 2.56. The van der Waals surface area contributed by atoms with Crippen molar-refractivity contribution in [3.8, 4) is 11.4 Å². The maximum Gasteiger partial charge on any atom is 0.159 e. The number of hydrogen-bond donors (Lipinski definition) is 1. The van der Waals surface area contributed by atoms with Crippen molar-refractivity contribution >= 4 is 11.8 Å². The van der Waals surface area contributed by atoms with Crippen LogP contribution in [0.4, 0.5) is 0 Å². The van der Waals surface area contributed by atoms with Crippen LogP contribution in [0.1, 0.15) is 18.3 Å². The van der Waals surface area contributed by atoms with Gasteiger partial charge in [0.1, 0.15) is 0 Å². The van der Waals surface area contributed by atoms with Gasteiger partial charge >= 0.3 is 0 Å². The van der Waals surface area contributed by atoms with Gasteiger partial charge in [-0.2, -0.15) is 0 Å². The minimum atomic E-state index is 0.764. The molecule has 2 aromatic rings. The van der Waals surface area contributed by atoms with Gasteiger partial charge in [0.2, 0.25) is 0 Å². The average Bonchev–Trinajstić information content (AvgIpc) is 2.40. The average molecular weight is 273 g/mol. The van der Waals surface area contributed by atoms with Crippen molar-refractivity contribution in [3.63, 3.8) is 0 Å². The van der Waals surface area contributed by atoms with Crippen LogP contribution in [0.3, 0.4) is 0 Å². The Hall–Kier alpha value is -1.39. The third-order valence-corrected chi connectivity index (χ3v) is 3.58. The topological polar surface area (TPSA) is 37.8 Å². The van der Waals surface area contributed by atoms with Crippen LogP contribution in [-0.4, -0.2) is 22.8 Å². The molecule has 2 rings (SSSR count). The first-order valence-electron chi connectivity index (χ1n) is 6.45. The Morgan fingerprint density at radius 3 is 2.53 bits per heavy atom. The molecule has 0 fully saturated rings. The highest BCUT2D eigenvalue weighted by molar-refractivity contribution is 7.99. The predicted molar refractivity (Wildman–Crippen MR) is 81.4 cm³/mol. The van der Waals surface area contributed by atoms with E-state index in [4.69, 9.17) is 0 Å². The van der Waals surface area contributed by atoms with Gasteiger partial charge in [-0.1, -0.05) is 19.1 Å². The largest absolute Gasteiger partial charge is 0.314 e. The highest BCUT2D eigenvalue weighted by Crippen LogP contribution is 2.22. The number of aromatic nitrogens is 2. The highest BCUT2D eigenvalue weighted by Gasteiger charge is 2.05. The van der Waals surface area contributed by atoms with Crippen molar-refractivity contribution in [1.82, 2.24) is 15.3 Å². The summed E-state index contributed by atoms with van der Waals surface area (Å²) in [7, 11) is 1.92. The molecule has 0 saturated carbocycles. The molecule has 0 bridgehead atoms. The Balaban J connectivity index is 2.29. The van der Waals surface area contributed by atoms with Crippen LogP contribution in [0.25, 0.3) is 11.4 Å². The summed E-state index contributed by atoms with van der Waals surface area (Å²) in [5, 5.41) is 3.12. The van der Waals surface area contributed by atoms with Gasteiger partial charge in [0.05, 0.1) is 5.69 Å². The summed E-state index contributed by atoms with van der Waals surface area (Å²) >= 11 is 1.84. The maximum absolute atomic E-state index is 4.59. The van der Waals surface area contributed by atoms with E-state index in [1.54, 1.807) is 0 Å². The third-order valence-electron chi connectivity index (χ3n) is 2.69. The molecule has 1 aromatic carbocycles. The summed E-state index contributed by atoms with van der Waals surface area (Å²) in [6.07, 6.45) is 0. The smallest absolute Gasteiger partial charge is 0.159 e. The first-order valence-corrected chi connectivity index (χ1v) is 7.44. The van der Waals surface area contributed by atoms with E-state index in [2.05, 4.69) is 46.5 Å². The fraction of sp³-hybridized carbons (Fsp3) is 0.333. The lowest BCUT2D eigenvalue weighted by atomic mass is 10.2. The van der Waals surface area contributed by atoms with Crippen molar-refractivity contribution in [2.75, 3.05) is 12.8 Å². The molecule has 0 radical (unpaired) electrons. The Kier molecular flexibility index (Phi) is 4.93. The zero-order chi connectivity index (χ0) is 13.7. The molecule has 0 spiro atoms. The molecule has 1 N–H and O–H groups in total. The highest BCUT2D eigenvalue weighted by atomic mass is 32.2. The van der Waals surface area contributed by atoms with E-state index in [1.807, 2.05) is 31.8 Å². The summed E-state index contributed by atoms with van der Waals surface area (Å²) in [6.45, 7) is 4.93. The molecule has 0 unspecified atom stereocenters. The van der Waals surface area contributed by atoms with Crippen LogP contribution >= 0.6 is 11.8 Å². The van der Waals surface area contributed by atoms with Gasteiger partial charge in [-0.3, -0.25) is 0 Å². The Morgan fingerprint density at radius 1 is 1.16 bits per heavy atom. The monoisotopic (exact) mass is 273 g/mol. The molecule has 3 nitrogen and oxygen atoms in total. The molecule has 0 atom stereocenters. The lowest BCUT2D eigenvalue weighted by Crippen LogP contribution is -2.08. The lowest BCUT2D eigenvalue weighted by molar-refractivity contribution is 0.785. The summed E-state index contributed by atoms with van der Waals surface area (Å²) < 4.78 is 0. The quantitative estimate of drug-likeness (QED) is 0.848. The van der Waals surface area contributed by atoms with E-state index in [9.17, 15) is 0 Å². The summed E-state index contributed by atoms with van der Waals surface area (Å²) in [5.74, 6) is 1.89. The number of thioether (sulfide) groups is 1. The van der Waals surface area contributed by atoms with E-state index in [0.717, 1.165) is 35.1 Å². The van der Waals surface area contributed by atoms with Crippen molar-refractivity contribution in [2.45, 2.75) is 25.3 Å². The minimum absolute atomic E-state index is 0.764. The molecular weight excluding hydrogens is 254 g/mol. The van der Waals surface area contributed by atoms with Gasteiger partial charge in [-0.25, -0.2) is 9.97 Å². The molecule has 1 heterocycles. The van der Waals surface area contributed by atoms with Crippen LogP contribution in [0, 0.1) is 6.92 Å². The van der Waals surface area contributed by atoms with Gasteiger partial charge in [0.15, 0.2) is 5.82 Å². The molecule has 0 aliphatic heterocycles. The first kappa shape index (κ1) is 14.0. The van der Waals surface area contributed by atoms with Gasteiger partial charge in [-0.15, -0.1) is 11.8 Å².